The van der Waals surface area contributed by atoms with Crippen LogP contribution >= 0.6 is 0 Å². The van der Waals surface area contributed by atoms with Crippen LogP contribution in [0.2, 0.25) is 0 Å². The van der Waals surface area contributed by atoms with Crippen molar-refractivity contribution in [3.8, 4) is 16.9 Å². The van der Waals surface area contributed by atoms with Crippen molar-refractivity contribution in [1.29, 1.82) is 0 Å². The molecule has 0 aliphatic carbocycles. The molecule has 1 unspecified atom stereocenters. The maximum absolute atomic E-state index is 11.7. The van der Waals surface area contributed by atoms with Crippen molar-refractivity contribution in [3.63, 3.8) is 0 Å². The van der Waals surface area contributed by atoms with Gasteiger partial charge in [-0.05, 0) is 40.1 Å². The Balaban J connectivity index is 1.61. The number of ether oxygens (including phenoxy) is 3. The molecule has 140 valence electrons. The zero-order valence-corrected chi connectivity index (χ0v) is 15.4. The second-order valence-electron chi connectivity index (χ2n) is 6.76. The fourth-order valence-corrected chi connectivity index (χ4v) is 3.37. The minimum absolute atomic E-state index is 0.0230. The Morgan fingerprint density at radius 3 is 2.85 bits per heavy atom. The first-order chi connectivity index (χ1) is 13.2. The van der Waals surface area contributed by atoms with Gasteiger partial charge < -0.3 is 18.8 Å². The molecule has 0 saturated carbocycles. The second-order valence-corrected chi connectivity index (χ2v) is 6.76. The summed E-state index contributed by atoms with van der Waals surface area (Å²) in [5, 5.41) is 2.24. The SMILES string of the molecule is Cn1cc(-c2cc(OCCC3COCCO3)cc3ccccc23)ccc1=O. The van der Waals surface area contributed by atoms with Crippen LogP contribution in [0.1, 0.15) is 6.42 Å². The van der Waals surface area contributed by atoms with Gasteiger partial charge in [0.05, 0.1) is 32.5 Å². The Hall–Kier alpha value is -2.63. The number of hydrogen-bond donors (Lipinski definition) is 0. The van der Waals surface area contributed by atoms with E-state index in [1.165, 1.54) is 0 Å². The van der Waals surface area contributed by atoms with E-state index in [0.717, 1.165) is 34.1 Å². The second kappa shape index (κ2) is 7.94. The number of pyridine rings is 1. The molecule has 3 aromatic rings. The molecule has 1 saturated heterocycles. The molecule has 2 aromatic carbocycles. The van der Waals surface area contributed by atoms with Crippen LogP contribution < -0.4 is 10.3 Å². The highest BCUT2D eigenvalue weighted by atomic mass is 16.6. The Kier molecular flexibility index (Phi) is 5.23. The van der Waals surface area contributed by atoms with Gasteiger partial charge in [-0.15, -0.1) is 0 Å². The van der Waals surface area contributed by atoms with Crippen LogP contribution in [0.15, 0.2) is 59.5 Å². The molecule has 0 spiro atoms. The Morgan fingerprint density at radius 1 is 1.15 bits per heavy atom. The summed E-state index contributed by atoms with van der Waals surface area (Å²) in [4.78, 5) is 11.7. The van der Waals surface area contributed by atoms with Crippen molar-refractivity contribution in [2.75, 3.05) is 26.4 Å². The number of aryl methyl sites for hydroxylation is 1. The molecule has 5 heteroatoms. The van der Waals surface area contributed by atoms with Gasteiger partial charge in [-0.2, -0.15) is 0 Å². The minimum atomic E-state index is -0.0230. The molecule has 1 atom stereocenters. The molecule has 0 N–H and O–H groups in total. The zero-order valence-electron chi connectivity index (χ0n) is 15.4. The summed E-state index contributed by atoms with van der Waals surface area (Å²) in [5.41, 5.74) is 2.02. The number of benzene rings is 2. The van der Waals surface area contributed by atoms with Crippen molar-refractivity contribution in [1.82, 2.24) is 4.57 Å². The molecule has 0 radical (unpaired) electrons. The molecule has 1 aliphatic heterocycles. The van der Waals surface area contributed by atoms with Gasteiger partial charge in [0.25, 0.3) is 0 Å². The van der Waals surface area contributed by atoms with Crippen molar-refractivity contribution in [2.45, 2.75) is 12.5 Å². The van der Waals surface area contributed by atoms with E-state index >= 15 is 0 Å². The molecular formula is C22H23NO4. The van der Waals surface area contributed by atoms with E-state index in [1.807, 2.05) is 30.5 Å². The van der Waals surface area contributed by atoms with Gasteiger partial charge in [-0.25, -0.2) is 0 Å². The number of nitrogens with zero attached hydrogens (tertiary/aromatic N) is 1. The first-order valence-electron chi connectivity index (χ1n) is 9.23. The number of fused-ring (bicyclic) bond motifs is 1. The van der Waals surface area contributed by atoms with Gasteiger partial charge in [0.15, 0.2) is 0 Å². The quantitative estimate of drug-likeness (QED) is 0.695. The van der Waals surface area contributed by atoms with Crippen molar-refractivity contribution in [3.05, 3.63) is 65.1 Å². The first-order valence-corrected chi connectivity index (χ1v) is 9.23. The van der Waals surface area contributed by atoms with Gasteiger partial charge in [-0.3, -0.25) is 4.79 Å². The standard InChI is InChI=1S/C22H23NO4/c1-23-14-17(6-7-22(23)24)21-13-19(12-16-4-2-3-5-20(16)21)26-9-8-18-15-25-10-11-27-18/h2-7,12-14,18H,8-11,15H2,1H3. The molecule has 2 heterocycles. The topological polar surface area (TPSA) is 49.7 Å². The van der Waals surface area contributed by atoms with Crippen LogP contribution in [-0.2, 0) is 16.5 Å². The van der Waals surface area contributed by atoms with Crippen LogP contribution in [0.5, 0.6) is 5.75 Å². The van der Waals surface area contributed by atoms with E-state index in [4.69, 9.17) is 14.2 Å². The summed E-state index contributed by atoms with van der Waals surface area (Å²) in [6.45, 7) is 2.52. The van der Waals surface area contributed by atoms with E-state index < -0.39 is 0 Å². The lowest BCUT2D eigenvalue weighted by Crippen LogP contribution is -2.29. The predicted octanol–water partition coefficient (Wildman–Crippen LogP) is 3.39. The Bertz CT molecular complexity index is 989. The molecule has 27 heavy (non-hydrogen) atoms. The molecule has 1 fully saturated rings. The highest BCUT2D eigenvalue weighted by molar-refractivity contribution is 5.97. The summed E-state index contributed by atoms with van der Waals surface area (Å²) in [6, 6.07) is 15.8. The monoisotopic (exact) mass is 365 g/mol. The smallest absolute Gasteiger partial charge is 0.250 e. The van der Waals surface area contributed by atoms with E-state index in [2.05, 4.69) is 18.2 Å². The molecule has 5 nitrogen and oxygen atoms in total. The largest absolute Gasteiger partial charge is 0.493 e. The van der Waals surface area contributed by atoms with Crippen LogP contribution in [0.4, 0.5) is 0 Å². The summed E-state index contributed by atoms with van der Waals surface area (Å²) in [5.74, 6) is 0.814. The maximum atomic E-state index is 11.7. The minimum Gasteiger partial charge on any atom is -0.493 e. The Morgan fingerprint density at radius 2 is 2.04 bits per heavy atom. The van der Waals surface area contributed by atoms with Crippen molar-refractivity contribution in [2.24, 2.45) is 7.05 Å². The molecule has 4 rings (SSSR count). The highest BCUT2D eigenvalue weighted by Gasteiger charge is 2.14. The van der Waals surface area contributed by atoms with Crippen LogP contribution in [0.25, 0.3) is 21.9 Å². The van der Waals surface area contributed by atoms with Crippen LogP contribution in [0.3, 0.4) is 0 Å². The average molecular weight is 365 g/mol. The molecular weight excluding hydrogens is 342 g/mol. The fourth-order valence-electron chi connectivity index (χ4n) is 3.37. The third-order valence-electron chi connectivity index (χ3n) is 4.83. The van der Waals surface area contributed by atoms with E-state index in [0.29, 0.717) is 26.4 Å². The first kappa shape index (κ1) is 17.8. The predicted molar refractivity (Wildman–Crippen MR) is 105 cm³/mol. The van der Waals surface area contributed by atoms with E-state index in [9.17, 15) is 4.79 Å². The lowest BCUT2D eigenvalue weighted by Gasteiger charge is -2.23. The number of rotatable bonds is 5. The van der Waals surface area contributed by atoms with Gasteiger partial charge >= 0.3 is 0 Å². The molecule has 0 bridgehead atoms. The summed E-state index contributed by atoms with van der Waals surface area (Å²) in [6.07, 6.45) is 2.76. The molecule has 1 aromatic heterocycles. The molecule has 1 aliphatic rings. The van der Waals surface area contributed by atoms with E-state index in [-0.39, 0.29) is 11.7 Å². The van der Waals surface area contributed by atoms with Crippen LogP contribution in [-0.4, -0.2) is 37.1 Å². The average Bonchev–Trinajstić information content (AvgIpc) is 2.70. The van der Waals surface area contributed by atoms with Gasteiger partial charge in [0.1, 0.15) is 5.75 Å². The number of hydrogen-bond acceptors (Lipinski definition) is 4. The van der Waals surface area contributed by atoms with E-state index in [1.54, 1.807) is 17.7 Å². The van der Waals surface area contributed by atoms with Crippen molar-refractivity contribution >= 4 is 10.8 Å². The van der Waals surface area contributed by atoms with Crippen molar-refractivity contribution < 1.29 is 14.2 Å². The normalized spacial score (nSPS) is 17.1. The van der Waals surface area contributed by atoms with Gasteiger partial charge in [-0.1, -0.05) is 24.3 Å². The molecule has 0 amide bonds. The van der Waals surface area contributed by atoms with Gasteiger partial charge in [0, 0.05) is 25.7 Å². The van der Waals surface area contributed by atoms with Gasteiger partial charge in [0.2, 0.25) is 5.56 Å². The van der Waals surface area contributed by atoms with Crippen LogP contribution in [0, 0.1) is 0 Å². The zero-order chi connectivity index (χ0) is 18.6. The fraction of sp³-hybridized carbons (Fsp3) is 0.318. The maximum Gasteiger partial charge on any atom is 0.250 e. The summed E-state index contributed by atoms with van der Waals surface area (Å²) in [7, 11) is 1.76. The lowest BCUT2D eigenvalue weighted by molar-refractivity contribution is -0.0935. The summed E-state index contributed by atoms with van der Waals surface area (Å²) >= 11 is 0. The lowest BCUT2D eigenvalue weighted by atomic mass is 9.99. The third kappa shape index (κ3) is 4.04. The summed E-state index contributed by atoms with van der Waals surface area (Å²) < 4.78 is 18.7. The third-order valence-corrected chi connectivity index (χ3v) is 4.83. The number of aromatic nitrogens is 1. The highest BCUT2D eigenvalue weighted by Crippen LogP contribution is 2.32. The Labute approximate surface area is 158 Å².